The van der Waals surface area contributed by atoms with E-state index in [9.17, 15) is 5.11 Å². The van der Waals surface area contributed by atoms with Gasteiger partial charge in [-0.2, -0.15) is 0 Å². The Morgan fingerprint density at radius 2 is 1.81 bits per heavy atom. The van der Waals surface area contributed by atoms with Crippen LogP contribution in [0.4, 0.5) is 0 Å². The molecular weight excluding hydrogens is 200 g/mol. The van der Waals surface area contributed by atoms with Crippen LogP contribution in [0.5, 0.6) is 0 Å². The van der Waals surface area contributed by atoms with Crippen molar-refractivity contribution in [2.24, 2.45) is 0 Å². The lowest BCUT2D eigenvalue weighted by atomic mass is 9.95. The molecule has 0 aliphatic heterocycles. The maximum absolute atomic E-state index is 9.50. The Labute approximate surface area is 100 Å². The third-order valence-corrected chi connectivity index (χ3v) is 3.45. The van der Waals surface area contributed by atoms with Crippen molar-refractivity contribution in [3.8, 4) is 0 Å². The van der Waals surface area contributed by atoms with Gasteiger partial charge in [-0.3, -0.25) is 0 Å². The van der Waals surface area contributed by atoms with Gasteiger partial charge in [0.1, 0.15) is 0 Å². The first-order valence-electron chi connectivity index (χ1n) is 7.12. The van der Waals surface area contributed by atoms with Crippen molar-refractivity contribution in [1.29, 1.82) is 0 Å². The normalized spacial score (nSPS) is 25.9. The molecule has 0 aromatic heterocycles. The van der Waals surface area contributed by atoms with Gasteiger partial charge in [-0.05, 0) is 32.1 Å². The van der Waals surface area contributed by atoms with Crippen molar-refractivity contribution < 1.29 is 9.84 Å². The molecule has 2 heteroatoms. The van der Waals surface area contributed by atoms with Gasteiger partial charge in [0.2, 0.25) is 0 Å². The Balaban J connectivity index is 1.86. The molecule has 0 heterocycles. The van der Waals surface area contributed by atoms with Crippen molar-refractivity contribution in [3.63, 3.8) is 0 Å². The Bertz CT molecular complexity index is 159. The molecule has 0 amide bonds. The zero-order valence-electron chi connectivity index (χ0n) is 10.8. The van der Waals surface area contributed by atoms with E-state index in [1.165, 1.54) is 38.5 Å². The van der Waals surface area contributed by atoms with Crippen LogP contribution < -0.4 is 0 Å². The average Bonchev–Trinajstić information content (AvgIpc) is 2.28. The lowest BCUT2D eigenvalue weighted by Gasteiger charge is -2.25. The molecule has 16 heavy (non-hydrogen) atoms. The molecule has 1 N–H and O–H groups in total. The topological polar surface area (TPSA) is 29.5 Å². The summed E-state index contributed by atoms with van der Waals surface area (Å²) < 4.78 is 5.80. The van der Waals surface area contributed by atoms with Crippen LogP contribution in [0.25, 0.3) is 0 Å². The number of hydrogen-bond donors (Lipinski definition) is 1. The van der Waals surface area contributed by atoms with Crippen molar-refractivity contribution >= 4 is 0 Å². The summed E-state index contributed by atoms with van der Waals surface area (Å²) in [6, 6.07) is 0. The third-order valence-electron chi connectivity index (χ3n) is 3.45. The Morgan fingerprint density at radius 3 is 2.56 bits per heavy atom. The molecule has 2 atom stereocenters. The van der Waals surface area contributed by atoms with Gasteiger partial charge < -0.3 is 9.84 Å². The molecule has 1 rings (SSSR count). The molecule has 1 aliphatic carbocycles. The van der Waals surface area contributed by atoms with Crippen LogP contribution in [-0.4, -0.2) is 23.9 Å². The van der Waals surface area contributed by atoms with Crippen molar-refractivity contribution in [2.75, 3.05) is 6.61 Å². The van der Waals surface area contributed by atoms with E-state index in [0.717, 1.165) is 32.3 Å². The third kappa shape index (κ3) is 6.49. The van der Waals surface area contributed by atoms with Crippen molar-refractivity contribution in [3.05, 3.63) is 0 Å². The van der Waals surface area contributed by atoms with Crippen LogP contribution in [0, 0.1) is 0 Å². The largest absolute Gasteiger partial charge is 0.393 e. The average molecular weight is 228 g/mol. The van der Waals surface area contributed by atoms with Gasteiger partial charge in [-0.25, -0.2) is 0 Å². The zero-order chi connectivity index (χ0) is 11.6. The maximum atomic E-state index is 9.50. The summed E-state index contributed by atoms with van der Waals surface area (Å²) in [6.45, 7) is 3.14. The summed E-state index contributed by atoms with van der Waals surface area (Å²) >= 11 is 0. The lowest BCUT2D eigenvalue weighted by molar-refractivity contribution is -0.0156. The first-order chi connectivity index (χ1) is 7.83. The molecule has 1 fully saturated rings. The summed E-state index contributed by atoms with van der Waals surface area (Å²) in [5.74, 6) is 0. The van der Waals surface area contributed by atoms with Gasteiger partial charge in [-0.15, -0.1) is 0 Å². The molecular formula is C14H28O2. The van der Waals surface area contributed by atoms with E-state index in [0.29, 0.717) is 6.10 Å². The highest BCUT2D eigenvalue weighted by molar-refractivity contribution is 4.72. The van der Waals surface area contributed by atoms with E-state index in [1.54, 1.807) is 0 Å². The number of aliphatic hydroxyl groups is 1. The SMILES string of the molecule is CCCCCCCCOC1CCCC(O)C1. The first kappa shape index (κ1) is 14.0. The number of rotatable bonds is 8. The lowest BCUT2D eigenvalue weighted by Crippen LogP contribution is -2.26. The molecule has 1 saturated carbocycles. The van der Waals surface area contributed by atoms with Gasteiger partial charge in [0.05, 0.1) is 12.2 Å². The van der Waals surface area contributed by atoms with Gasteiger partial charge in [0, 0.05) is 6.61 Å². The molecule has 0 saturated heterocycles. The Kier molecular flexibility index (Phi) is 7.87. The molecule has 0 aromatic carbocycles. The second-order valence-electron chi connectivity index (χ2n) is 5.08. The van der Waals surface area contributed by atoms with E-state index in [2.05, 4.69) is 6.92 Å². The molecule has 2 nitrogen and oxygen atoms in total. The Morgan fingerprint density at radius 1 is 1.06 bits per heavy atom. The highest BCUT2D eigenvalue weighted by Gasteiger charge is 2.19. The summed E-state index contributed by atoms with van der Waals surface area (Å²) in [6.07, 6.45) is 12.2. The van der Waals surface area contributed by atoms with Gasteiger partial charge in [-0.1, -0.05) is 39.0 Å². The highest BCUT2D eigenvalue weighted by Crippen LogP contribution is 2.21. The summed E-state index contributed by atoms with van der Waals surface area (Å²) in [4.78, 5) is 0. The molecule has 96 valence electrons. The number of unbranched alkanes of at least 4 members (excludes halogenated alkanes) is 5. The molecule has 0 bridgehead atoms. The Hall–Kier alpha value is -0.0800. The second kappa shape index (κ2) is 9.00. The molecule has 0 radical (unpaired) electrons. The zero-order valence-corrected chi connectivity index (χ0v) is 10.8. The fraction of sp³-hybridized carbons (Fsp3) is 1.00. The van der Waals surface area contributed by atoms with Crippen LogP contribution >= 0.6 is 0 Å². The van der Waals surface area contributed by atoms with Gasteiger partial charge in [0.25, 0.3) is 0 Å². The predicted molar refractivity (Wildman–Crippen MR) is 67.6 cm³/mol. The quantitative estimate of drug-likeness (QED) is 0.642. The highest BCUT2D eigenvalue weighted by atomic mass is 16.5. The van der Waals surface area contributed by atoms with E-state index in [4.69, 9.17) is 4.74 Å². The van der Waals surface area contributed by atoms with Crippen molar-refractivity contribution in [1.82, 2.24) is 0 Å². The van der Waals surface area contributed by atoms with E-state index < -0.39 is 0 Å². The minimum atomic E-state index is -0.108. The summed E-state index contributed by atoms with van der Waals surface area (Å²) in [5, 5.41) is 9.50. The van der Waals surface area contributed by atoms with Gasteiger partial charge in [0.15, 0.2) is 0 Å². The van der Waals surface area contributed by atoms with Crippen LogP contribution in [0.2, 0.25) is 0 Å². The first-order valence-corrected chi connectivity index (χ1v) is 7.12. The van der Waals surface area contributed by atoms with E-state index >= 15 is 0 Å². The molecule has 2 unspecified atom stereocenters. The van der Waals surface area contributed by atoms with Crippen LogP contribution in [0.3, 0.4) is 0 Å². The maximum Gasteiger partial charge on any atom is 0.0599 e. The fourth-order valence-electron chi connectivity index (χ4n) is 2.40. The van der Waals surface area contributed by atoms with Crippen molar-refractivity contribution in [2.45, 2.75) is 83.3 Å². The molecule has 0 spiro atoms. The summed E-state index contributed by atoms with van der Waals surface area (Å²) in [5.41, 5.74) is 0. The minimum absolute atomic E-state index is 0.108. The van der Waals surface area contributed by atoms with Gasteiger partial charge >= 0.3 is 0 Å². The molecule has 1 aliphatic rings. The number of aliphatic hydroxyl groups excluding tert-OH is 1. The second-order valence-corrected chi connectivity index (χ2v) is 5.08. The molecule has 0 aromatic rings. The van der Waals surface area contributed by atoms with E-state index in [-0.39, 0.29) is 6.10 Å². The van der Waals surface area contributed by atoms with Crippen LogP contribution in [0.1, 0.15) is 71.1 Å². The monoisotopic (exact) mass is 228 g/mol. The standard InChI is InChI=1S/C14H28O2/c1-2-3-4-5-6-7-11-16-14-10-8-9-13(15)12-14/h13-15H,2-12H2,1H3. The van der Waals surface area contributed by atoms with E-state index in [1.807, 2.05) is 0 Å². The number of hydrogen-bond acceptors (Lipinski definition) is 2. The van der Waals surface area contributed by atoms with Crippen LogP contribution in [0.15, 0.2) is 0 Å². The minimum Gasteiger partial charge on any atom is -0.393 e. The predicted octanol–water partition coefficient (Wildman–Crippen LogP) is 3.67. The smallest absolute Gasteiger partial charge is 0.0599 e. The fourth-order valence-corrected chi connectivity index (χ4v) is 2.40. The number of ether oxygens (including phenoxy) is 1. The van der Waals surface area contributed by atoms with Crippen LogP contribution in [-0.2, 0) is 4.74 Å². The summed E-state index contributed by atoms with van der Waals surface area (Å²) in [7, 11) is 0.